The van der Waals surface area contributed by atoms with Crippen molar-refractivity contribution >= 4 is 0 Å². The zero-order chi connectivity index (χ0) is 13.8. The molecule has 1 heterocycles. The molecule has 1 N–H and O–H groups in total. The molecule has 1 aromatic heterocycles. The predicted octanol–water partition coefficient (Wildman–Crippen LogP) is 1.09. The van der Waals surface area contributed by atoms with Crippen molar-refractivity contribution in [2.24, 2.45) is 0 Å². The van der Waals surface area contributed by atoms with Crippen LogP contribution in [-0.4, -0.2) is 4.98 Å². The highest BCUT2D eigenvalue weighted by Crippen LogP contribution is 2.24. The van der Waals surface area contributed by atoms with Gasteiger partial charge in [-0.05, 0) is 44.7 Å². The van der Waals surface area contributed by atoms with Gasteiger partial charge in [0.2, 0.25) is 0 Å². The number of hydrogen-bond acceptors (Lipinski definition) is 0. The van der Waals surface area contributed by atoms with Crippen LogP contribution in [0.15, 0.2) is 24.5 Å². The van der Waals surface area contributed by atoms with Gasteiger partial charge in [0.05, 0.1) is 12.1 Å². The minimum absolute atomic E-state index is 0. The quantitative estimate of drug-likeness (QED) is 0.623. The summed E-state index contributed by atoms with van der Waals surface area (Å²) >= 11 is 0. The molecule has 0 bridgehead atoms. The van der Waals surface area contributed by atoms with Gasteiger partial charge in [0, 0.05) is 0 Å². The van der Waals surface area contributed by atoms with Crippen LogP contribution in [0.25, 0.3) is 11.4 Å². The standard InChI is InChI=1S/C17H24N2.BrH/c1-5-6-7-9-19-10-8-18-17(19)16-14(3)11-13(2)12-15(16)4;/h8,10-12H,5-7,9H2,1-4H3;1H. The van der Waals surface area contributed by atoms with E-state index in [1.54, 1.807) is 0 Å². The molecule has 3 heteroatoms. The number of unbranched alkanes of at least 4 members (excludes halogenated alkanes) is 2. The summed E-state index contributed by atoms with van der Waals surface area (Å²) in [6.45, 7) is 9.91. The van der Waals surface area contributed by atoms with Gasteiger partial charge in [0.15, 0.2) is 0 Å². The van der Waals surface area contributed by atoms with Crippen molar-refractivity contribution in [2.75, 3.05) is 0 Å². The number of aromatic nitrogens is 2. The Morgan fingerprint density at radius 2 is 1.70 bits per heavy atom. The molecule has 0 saturated carbocycles. The zero-order valence-corrected chi connectivity index (χ0v) is 14.5. The minimum Gasteiger partial charge on any atom is -1.00 e. The summed E-state index contributed by atoms with van der Waals surface area (Å²) in [5.74, 6) is 1.24. The van der Waals surface area contributed by atoms with Crippen molar-refractivity contribution in [3.63, 3.8) is 0 Å². The van der Waals surface area contributed by atoms with Crippen LogP contribution in [0, 0.1) is 20.8 Å². The molecule has 2 nitrogen and oxygen atoms in total. The van der Waals surface area contributed by atoms with Crippen LogP contribution < -0.4 is 21.5 Å². The third-order valence-electron chi connectivity index (χ3n) is 3.68. The summed E-state index contributed by atoms with van der Waals surface area (Å²) in [5, 5.41) is 0. The summed E-state index contributed by atoms with van der Waals surface area (Å²) in [5.41, 5.74) is 5.39. The van der Waals surface area contributed by atoms with E-state index in [4.69, 9.17) is 0 Å². The van der Waals surface area contributed by atoms with Crippen molar-refractivity contribution in [3.8, 4) is 11.4 Å². The Bertz CT molecular complexity index is 535. The molecule has 0 spiro atoms. The van der Waals surface area contributed by atoms with Crippen LogP contribution in [0.4, 0.5) is 0 Å². The molecule has 0 fully saturated rings. The lowest BCUT2D eigenvalue weighted by atomic mass is 9.99. The highest BCUT2D eigenvalue weighted by atomic mass is 79.9. The van der Waals surface area contributed by atoms with E-state index in [9.17, 15) is 0 Å². The Kier molecular flexibility index (Phi) is 6.47. The van der Waals surface area contributed by atoms with E-state index >= 15 is 0 Å². The fourth-order valence-corrected chi connectivity index (χ4v) is 2.85. The maximum atomic E-state index is 3.41. The van der Waals surface area contributed by atoms with Crippen LogP contribution in [-0.2, 0) is 6.54 Å². The maximum absolute atomic E-state index is 3.41. The van der Waals surface area contributed by atoms with Crippen molar-refractivity contribution in [3.05, 3.63) is 41.2 Å². The lowest BCUT2D eigenvalue weighted by Gasteiger charge is -2.08. The first kappa shape index (κ1) is 17.0. The normalized spacial score (nSPS) is 10.4. The molecule has 2 aromatic rings. The topological polar surface area (TPSA) is 19.7 Å². The molecule has 0 radical (unpaired) electrons. The maximum Gasteiger partial charge on any atom is 0.287 e. The van der Waals surface area contributed by atoms with E-state index in [0.29, 0.717) is 0 Å². The molecule has 0 unspecified atom stereocenters. The third-order valence-corrected chi connectivity index (χ3v) is 3.68. The predicted molar refractivity (Wildman–Crippen MR) is 80.2 cm³/mol. The van der Waals surface area contributed by atoms with Crippen LogP contribution in [0.2, 0.25) is 0 Å². The Balaban J connectivity index is 0.00000200. The monoisotopic (exact) mass is 336 g/mol. The summed E-state index contributed by atoms with van der Waals surface area (Å²) < 4.78 is 2.35. The molecule has 0 atom stereocenters. The van der Waals surface area contributed by atoms with Gasteiger partial charge >= 0.3 is 0 Å². The molecular weight excluding hydrogens is 312 g/mol. The number of aromatic amines is 1. The number of nitrogens with zero attached hydrogens (tertiary/aromatic N) is 1. The van der Waals surface area contributed by atoms with Crippen molar-refractivity contribution < 1.29 is 21.5 Å². The SMILES string of the molecule is CCCCC[n+]1cc[nH]c1-c1c(C)cc(C)cc1C.[Br-]. The first-order valence-corrected chi connectivity index (χ1v) is 7.28. The lowest BCUT2D eigenvalue weighted by Crippen LogP contribution is -3.00. The highest BCUT2D eigenvalue weighted by molar-refractivity contribution is 5.63. The van der Waals surface area contributed by atoms with Crippen molar-refractivity contribution in [1.29, 1.82) is 0 Å². The van der Waals surface area contributed by atoms with Crippen LogP contribution in [0.1, 0.15) is 42.9 Å². The average molecular weight is 337 g/mol. The fraction of sp³-hybridized carbons (Fsp3) is 0.471. The van der Waals surface area contributed by atoms with Gasteiger partial charge in [0.1, 0.15) is 12.4 Å². The number of nitrogens with one attached hydrogen (secondary N) is 1. The van der Waals surface area contributed by atoms with E-state index in [0.717, 1.165) is 6.54 Å². The molecule has 0 saturated heterocycles. The van der Waals surface area contributed by atoms with Gasteiger partial charge in [-0.15, -0.1) is 0 Å². The van der Waals surface area contributed by atoms with E-state index in [-0.39, 0.29) is 17.0 Å². The third kappa shape index (κ3) is 3.72. The molecule has 2 rings (SSSR count). The van der Waals surface area contributed by atoms with Gasteiger partial charge in [-0.1, -0.05) is 31.0 Å². The molecule has 110 valence electrons. The van der Waals surface area contributed by atoms with Crippen molar-refractivity contribution in [1.82, 2.24) is 4.98 Å². The number of H-pyrrole nitrogens is 1. The Morgan fingerprint density at radius 3 is 2.30 bits per heavy atom. The molecule has 20 heavy (non-hydrogen) atoms. The largest absolute Gasteiger partial charge is 1.00 e. The van der Waals surface area contributed by atoms with Crippen LogP contribution >= 0.6 is 0 Å². The summed E-state index contributed by atoms with van der Waals surface area (Å²) in [7, 11) is 0. The number of benzene rings is 1. The Morgan fingerprint density at radius 1 is 1.05 bits per heavy atom. The van der Waals surface area contributed by atoms with E-state index in [1.165, 1.54) is 47.3 Å². The number of halogens is 1. The zero-order valence-electron chi connectivity index (χ0n) is 13.0. The molecule has 0 aliphatic rings. The van der Waals surface area contributed by atoms with Gasteiger partial charge < -0.3 is 17.0 Å². The molecule has 0 aliphatic carbocycles. The highest BCUT2D eigenvalue weighted by Gasteiger charge is 2.17. The van der Waals surface area contributed by atoms with Gasteiger partial charge in [-0.2, -0.15) is 0 Å². The second-order valence-corrected chi connectivity index (χ2v) is 5.48. The second kappa shape index (κ2) is 7.63. The average Bonchev–Trinajstić information content (AvgIpc) is 2.76. The van der Waals surface area contributed by atoms with E-state index in [1.807, 2.05) is 6.20 Å². The number of imidazole rings is 1. The lowest BCUT2D eigenvalue weighted by molar-refractivity contribution is -0.685. The molecule has 0 aliphatic heterocycles. The second-order valence-electron chi connectivity index (χ2n) is 5.48. The van der Waals surface area contributed by atoms with Crippen LogP contribution in [0.3, 0.4) is 0 Å². The minimum atomic E-state index is 0. The fourth-order valence-electron chi connectivity index (χ4n) is 2.85. The molecule has 0 amide bonds. The number of rotatable bonds is 5. The molecule has 1 aromatic carbocycles. The first-order valence-electron chi connectivity index (χ1n) is 7.28. The Labute approximate surface area is 133 Å². The molecular formula is C17H25BrN2. The Hall–Kier alpha value is -1.09. The van der Waals surface area contributed by atoms with E-state index in [2.05, 4.69) is 55.6 Å². The smallest absolute Gasteiger partial charge is 0.287 e. The van der Waals surface area contributed by atoms with Gasteiger partial charge in [-0.25, -0.2) is 9.55 Å². The van der Waals surface area contributed by atoms with Crippen LogP contribution in [0.5, 0.6) is 0 Å². The van der Waals surface area contributed by atoms with Gasteiger partial charge in [0.25, 0.3) is 5.82 Å². The summed E-state index contributed by atoms with van der Waals surface area (Å²) in [6, 6.07) is 4.53. The van der Waals surface area contributed by atoms with Gasteiger partial charge in [-0.3, -0.25) is 0 Å². The number of hydrogen-bond donors (Lipinski definition) is 1. The number of aryl methyl sites for hydroxylation is 4. The first-order chi connectivity index (χ1) is 9.13. The van der Waals surface area contributed by atoms with Crippen molar-refractivity contribution in [2.45, 2.75) is 53.5 Å². The van der Waals surface area contributed by atoms with E-state index < -0.39 is 0 Å². The summed E-state index contributed by atoms with van der Waals surface area (Å²) in [6.07, 6.45) is 8.01. The summed E-state index contributed by atoms with van der Waals surface area (Å²) in [4.78, 5) is 3.41.